The van der Waals surface area contributed by atoms with Crippen LogP contribution in [-0.2, 0) is 16.1 Å². The molecule has 1 N–H and O–H groups in total. The monoisotopic (exact) mass is 474 g/mol. The molecule has 0 radical (unpaired) electrons. The molecule has 0 aliphatic rings. The third kappa shape index (κ3) is 7.51. The Morgan fingerprint density at radius 3 is 2.49 bits per heavy atom. The second-order valence-corrected chi connectivity index (χ2v) is 7.66. The maximum atomic E-state index is 12.4. The van der Waals surface area contributed by atoms with Gasteiger partial charge in [-0.2, -0.15) is 5.26 Å². The number of rotatable bonds is 10. The number of nitrogens with one attached hydrogen (secondary N) is 1. The molecule has 0 aliphatic carbocycles. The van der Waals surface area contributed by atoms with Crippen molar-refractivity contribution < 1.29 is 28.2 Å². The van der Waals surface area contributed by atoms with Crippen molar-refractivity contribution in [1.82, 2.24) is 5.32 Å². The van der Waals surface area contributed by atoms with Gasteiger partial charge in [0.25, 0.3) is 5.91 Å². The zero-order valence-electron chi connectivity index (χ0n) is 19.8. The average Bonchev–Trinajstić information content (AvgIpc) is 3.34. The molecule has 0 spiro atoms. The molecule has 8 nitrogen and oxygen atoms in total. The van der Waals surface area contributed by atoms with Crippen LogP contribution in [0.25, 0.3) is 6.08 Å². The van der Waals surface area contributed by atoms with Crippen molar-refractivity contribution in [2.45, 2.75) is 27.3 Å². The molecule has 35 heavy (non-hydrogen) atoms. The van der Waals surface area contributed by atoms with E-state index in [0.717, 1.165) is 11.1 Å². The molecule has 0 saturated heterocycles. The number of ether oxygens (including phenoxy) is 3. The zero-order valence-corrected chi connectivity index (χ0v) is 19.8. The van der Waals surface area contributed by atoms with Gasteiger partial charge in [0.1, 0.15) is 23.2 Å². The molecule has 1 heterocycles. The molecule has 180 valence electrons. The van der Waals surface area contributed by atoms with E-state index in [4.69, 9.17) is 18.6 Å². The van der Waals surface area contributed by atoms with Crippen molar-refractivity contribution in [3.63, 3.8) is 0 Å². The minimum absolute atomic E-state index is 0.0920. The Balaban J connectivity index is 1.68. The molecule has 1 amide bonds. The molecule has 0 unspecified atom stereocenters. The van der Waals surface area contributed by atoms with Crippen LogP contribution in [0.5, 0.6) is 17.2 Å². The summed E-state index contributed by atoms with van der Waals surface area (Å²) < 4.78 is 21.8. The van der Waals surface area contributed by atoms with Gasteiger partial charge in [-0.25, -0.2) is 4.79 Å². The van der Waals surface area contributed by atoms with Crippen LogP contribution in [0.3, 0.4) is 0 Å². The van der Waals surface area contributed by atoms with E-state index in [1.165, 1.54) is 12.3 Å². The summed E-state index contributed by atoms with van der Waals surface area (Å²) in [6, 6.07) is 15.8. The summed E-state index contributed by atoms with van der Waals surface area (Å²) in [6.07, 6.45) is 2.93. The SMILES string of the molecule is CCOc1cc(/C=C(\C#N)C(=O)NCc2ccco2)ccc1OC(=O)COc1cc(C)cc(C)c1. The van der Waals surface area contributed by atoms with Crippen LogP contribution < -0.4 is 19.5 Å². The van der Waals surface area contributed by atoms with Gasteiger partial charge in [-0.05, 0) is 79.9 Å². The summed E-state index contributed by atoms with van der Waals surface area (Å²) in [5.41, 5.74) is 2.50. The summed E-state index contributed by atoms with van der Waals surface area (Å²) >= 11 is 0. The van der Waals surface area contributed by atoms with Gasteiger partial charge < -0.3 is 23.9 Å². The highest BCUT2D eigenvalue weighted by Gasteiger charge is 2.14. The van der Waals surface area contributed by atoms with Crippen molar-refractivity contribution in [1.29, 1.82) is 5.26 Å². The van der Waals surface area contributed by atoms with E-state index in [2.05, 4.69) is 5.32 Å². The first kappa shape index (κ1) is 25.1. The fourth-order valence-electron chi connectivity index (χ4n) is 3.27. The van der Waals surface area contributed by atoms with Crippen molar-refractivity contribution in [2.24, 2.45) is 0 Å². The van der Waals surface area contributed by atoms with Crippen LogP contribution in [-0.4, -0.2) is 25.1 Å². The summed E-state index contributed by atoms with van der Waals surface area (Å²) in [5, 5.41) is 12.1. The molecule has 0 saturated carbocycles. The number of furan rings is 1. The Hall–Kier alpha value is -4.51. The van der Waals surface area contributed by atoms with Gasteiger partial charge in [-0.3, -0.25) is 4.79 Å². The highest BCUT2D eigenvalue weighted by atomic mass is 16.6. The summed E-state index contributed by atoms with van der Waals surface area (Å²) in [7, 11) is 0. The Bertz CT molecular complexity index is 1230. The fourth-order valence-corrected chi connectivity index (χ4v) is 3.27. The molecule has 3 rings (SSSR count). The number of nitriles is 1. The minimum Gasteiger partial charge on any atom is -0.490 e. The summed E-state index contributed by atoms with van der Waals surface area (Å²) in [6.45, 7) is 5.90. The fraction of sp³-hybridized carbons (Fsp3) is 0.222. The van der Waals surface area contributed by atoms with E-state index < -0.39 is 11.9 Å². The van der Waals surface area contributed by atoms with Crippen molar-refractivity contribution >= 4 is 18.0 Å². The number of aryl methyl sites for hydroxylation is 2. The Morgan fingerprint density at radius 1 is 1.06 bits per heavy atom. The molecule has 2 aromatic carbocycles. The maximum absolute atomic E-state index is 12.4. The lowest BCUT2D eigenvalue weighted by Crippen LogP contribution is -2.23. The van der Waals surface area contributed by atoms with Gasteiger partial charge >= 0.3 is 5.97 Å². The third-order valence-electron chi connectivity index (χ3n) is 4.72. The first-order chi connectivity index (χ1) is 16.9. The molecule has 0 aliphatic heterocycles. The smallest absolute Gasteiger partial charge is 0.349 e. The normalized spacial score (nSPS) is 10.9. The van der Waals surface area contributed by atoms with Crippen LogP contribution in [0.15, 0.2) is 64.8 Å². The number of carbonyl (C=O) groups is 2. The maximum Gasteiger partial charge on any atom is 0.349 e. The first-order valence-electron chi connectivity index (χ1n) is 11.0. The molecule has 0 fully saturated rings. The number of esters is 1. The minimum atomic E-state index is -0.594. The van der Waals surface area contributed by atoms with Crippen LogP contribution in [0.2, 0.25) is 0 Å². The number of nitrogens with zero attached hydrogens (tertiary/aromatic N) is 1. The van der Waals surface area contributed by atoms with Gasteiger partial charge in [0, 0.05) is 0 Å². The number of benzene rings is 2. The van der Waals surface area contributed by atoms with Crippen LogP contribution >= 0.6 is 0 Å². The van der Waals surface area contributed by atoms with Gasteiger partial charge in [0.15, 0.2) is 18.1 Å². The third-order valence-corrected chi connectivity index (χ3v) is 4.72. The molecular formula is C27H26N2O6. The molecule has 1 aromatic heterocycles. The van der Waals surface area contributed by atoms with Crippen molar-refractivity contribution in [3.05, 3.63) is 82.8 Å². The summed E-state index contributed by atoms with van der Waals surface area (Å²) in [4.78, 5) is 24.7. The predicted molar refractivity (Wildman–Crippen MR) is 129 cm³/mol. The standard InChI is InChI=1S/C27H26N2O6/c1-4-32-25-14-20(13-21(15-28)27(31)29-16-22-6-5-9-33-22)7-8-24(25)35-26(30)17-34-23-11-18(2)10-19(3)12-23/h5-14H,4,16-17H2,1-3H3,(H,29,31)/b21-13+. The lowest BCUT2D eigenvalue weighted by Gasteiger charge is -2.12. The van der Waals surface area contributed by atoms with E-state index >= 15 is 0 Å². The van der Waals surface area contributed by atoms with Crippen LogP contribution in [0, 0.1) is 25.2 Å². The molecule has 8 heteroatoms. The molecular weight excluding hydrogens is 448 g/mol. The largest absolute Gasteiger partial charge is 0.490 e. The molecule has 0 atom stereocenters. The Morgan fingerprint density at radius 2 is 1.83 bits per heavy atom. The zero-order chi connectivity index (χ0) is 25.2. The highest BCUT2D eigenvalue weighted by molar-refractivity contribution is 6.01. The van der Waals surface area contributed by atoms with Gasteiger partial charge in [-0.15, -0.1) is 0 Å². The van der Waals surface area contributed by atoms with Crippen LogP contribution in [0.4, 0.5) is 0 Å². The van der Waals surface area contributed by atoms with E-state index in [1.807, 2.05) is 38.1 Å². The van der Waals surface area contributed by atoms with E-state index in [0.29, 0.717) is 29.4 Å². The van der Waals surface area contributed by atoms with Gasteiger partial charge in [0.05, 0.1) is 19.4 Å². The predicted octanol–water partition coefficient (Wildman–Crippen LogP) is 4.50. The van der Waals surface area contributed by atoms with Gasteiger partial charge in [-0.1, -0.05) is 12.1 Å². The quantitative estimate of drug-likeness (QED) is 0.199. The van der Waals surface area contributed by atoms with E-state index in [1.54, 1.807) is 37.3 Å². The Kier molecular flexibility index (Phi) is 8.68. The highest BCUT2D eigenvalue weighted by Crippen LogP contribution is 2.30. The lowest BCUT2D eigenvalue weighted by atomic mass is 10.1. The van der Waals surface area contributed by atoms with Crippen molar-refractivity contribution in [3.8, 4) is 23.3 Å². The van der Waals surface area contributed by atoms with Crippen LogP contribution in [0.1, 0.15) is 29.4 Å². The molecule has 0 bridgehead atoms. The number of amides is 1. The van der Waals surface area contributed by atoms with Gasteiger partial charge in [0.2, 0.25) is 0 Å². The molecule has 3 aromatic rings. The topological polar surface area (TPSA) is 111 Å². The number of hydrogen-bond acceptors (Lipinski definition) is 7. The first-order valence-corrected chi connectivity index (χ1v) is 11.0. The summed E-state index contributed by atoms with van der Waals surface area (Å²) in [5.74, 6) is 0.527. The van der Waals surface area contributed by atoms with Crippen molar-refractivity contribution in [2.75, 3.05) is 13.2 Å². The Labute approximate surface area is 203 Å². The van der Waals surface area contributed by atoms with E-state index in [9.17, 15) is 14.9 Å². The average molecular weight is 475 g/mol. The second kappa shape index (κ2) is 12.1. The van der Waals surface area contributed by atoms with E-state index in [-0.39, 0.29) is 24.5 Å². The number of hydrogen-bond donors (Lipinski definition) is 1. The number of carbonyl (C=O) groups excluding carboxylic acids is 2. The second-order valence-electron chi connectivity index (χ2n) is 7.66. The lowest BCUT2D eigenvalue weighted by molar-refractivity contribution is -0.136.